The van der Waals surface area contributed by atoms with Crippen LogP contribution in [0.2, 0.25) is 0 Å². The molecule has 8 heteroatoms. The fourth-order valence-electron chi connectivity index (χ4n) is 4.16. The summed E-state index contributed by atoms with van der Waals surface area (Å²) in [4.78, 5) is 28.0. The van der Waals surface area contributed by atoms with Crippen LogP contribution >= 0.6 is 0 Å². The summed E-state index contributed by atoms with van der Waals surface area (Å²) in [5, 5.41) is 0. The first-order chi connectivity index (χ1) is 15.1. The van der Waals surface area contributed by atoms with Crippen LogP contribution in [-0.2, 0) is 13.1 Å². The second-order valence-electron chi connectivity index (χ2n) is 8.07. The van der Waals surface area contributed by atoms with E-state index in [1.165, 1.54) is 12.3 Å². The van der Waals surface area contributed by atoms with Gasteiger partial charge in [0.2, 0.25) is 0 Å². The van der Waals surface area contributed by atoms with Crippen molar-refractivity contribution in [3.63, 3.8) is 0 Å². The summed E-state index contributed by atoms with van der Waals surface area (Å²) in [6, 6.07) is 8.43. The summed E-state index contributed by atoms with van der Waals surface area (Å²) in [6.07, 6.45) is 10.4. The van der Waals surface area contributed by atoms with Gasteiger partial charge in [-0.25, -0.2) is 14.4 Å². The zero-order chi connectivity index (χ0) is 21.2. The van der Waals surface area contributed by atoms with Crippen LogP contribution in [0.25, 0.3) is 16.9 Å². The lowest BCUT2D eigenvalue weighted by Gasteiger charge is -2.31. The number of pyridine rings is 2. The maximum atomic E-state index is 13.4. The first-order valence-electron chi connectivity index (χ1n) is 10.5. The average molecular weight is 418 g/mol. The van der Waals surface area contributed by atoms with Gasteiger partial charge in [-0.15, -0.1) is 0 Å². The summed E-state index contributed by atoms with van der Waals surface area (Å²) in [6.45, 7) is 3.32. The van der Waals surface area contributed by atoms with Gasteiger partial charge < -0.3 is 4.40 Å². The van der Waals surface area contributed by atoms with Crippen LogP contribution in [0, 0.1) is 11.7 Å². The second-order valence-corrected chi connectivity index (χ2v) is 8.07. The highest BCUT2D eigenvalue weighted by atomic mass is 19.1. The monoisotopic (exact) mass is 418 g/mol. The highest BCUT2D eigenvalue weighted by Crippen LogP contribution is 2.21. The second kappa shape index (κ2) is 8.39. The van der Waals surface area contributed by atoms with Crippen LogP contribution in [0.1, 0.15) is 18.5 Å². The Morgan fingerprint density at radius 3 is 2.77 bits per heavy atom. The van der Waals surface area contributed by atoms with Gasteiger partial charge >= 0.3 is 0 Å². The first-order valence-corrected chi connectivity index (χ1v) is 10.5. The predicted octanol–water partition coefficient (Wildman–Crippen LogP) is 3.00. The number of nitrogens with zero attached hydrogens (tertiary/aromatic N) is 6. The number of imidazole rings is 1. The molecule has 158 valence electrons. The molecule has 1 aliphatic rings. The Morgan fingerprint density at radius 2 is 2.00 bits per heavy atom. The quantitative estimate of drug-likeness (QED) is 0.498. The molecule has 4 aromatic rings. The minimum atomic E-state index is -0.268. The van der Waals surface area contributed by atoms with E-state index in [9.17, 15) is 9.18 Å². The predicted molar refractivity (Wildman–Crippen MR) is 115 cm³/mol. The van der Waals surface area contributed by atoms with Crippen molar-refractivity contribution in [2.24, 2.45) is 5.92 Å². The molecule has 5 rings (SSSR count). The highest BCUT2D eigenvalue weighted by molar-refractivity contribution is 5.56. The number of rotatable bonds is 5. The minimum absolute atomic E-state index is 0.0341. The van der Waals surface area contributed by atoms with E-state index in [1.807, 2.05) is 18.3 Å². The maximum Gasteiger partial charge on any atom is 0.253 e. The standard InChI is InChI=1S/C23H23FN6O/c24-19-3-4-22-27-20(15-29(22)13-19)14-28-8-5-17(6-9-28)12-30-16-26-21(10-23(30)31)18-2-1-7-25-11-18/h1-4,7,10-11,13,15-17H,5-6,8-9,12,14H2. The zero-order valence-corrected chi connectivity index (χ0v) is 17.1. The van der Waals surface area contributed by atoms with E-state index >= 15 is 0 Å². The molecule has 1 saturated heterocycles. The molecule has 0 amide bonds. The molecule has 1 aliphatic heterocycles. The number of fused-ring (bicyclic) bond motifs is 1. The number of aromatic nitrogens is 5. The van der Waals surface area contributed by atoms with E-state index in [0.29, 0.717) is 18.2 Å². The topological polar surface area (TPSA) is 68.3 Å². The van der Waals surface area contributed by atoms with E-state index in [1.54, 1.807) is 39.8 Å². The van der Waals surface area contributed by atoms with Crippen LogP contribution in [-0.4, -0.2) is 41.9 Å². The molecule has 5 heterocycles. The number of halogens is 1. The van der Waals surface area contributed by atoms with Crippen LogP contribution in [0.3, 0.4) is 0 Å². The Labute approximate surface area is 178 Å². The van der Waals surface area contributed by atoms with Crippen molar-refractivity contribution in [1.29, 1.82) is 0 Å². The molecule has 0 N–H and O–H groups in total. The molecular weight excluding hydrogens is 395 g/mol. The zero-order valence-electron chi connectivity index (χ0n) is 17.1. The molecule has 31 heavy (non-hydrogen) atoms. The summed E-state index contributed by atoms with van der Waals surface area (Å²) >= 11 is 0. The van der Waals surface area contributed by atoms with E-state index in [4.69, 9.17) is 0 Å². The SMILES string of the molecule is O=c1cc(-c2cccnc2)ncn1CC1CCN(Cc2cn3cc(F)ccc3n2)CC1. The third kappa shape index (κ3) is 4.39. The van der Waals surface area contributed by atoms with Crippen molar-refractivity contribution in [2.45, 2.75) is 25.9 Å². The first kappa shape index (κ1) is 19.6. The van der Waals surface area contributed by atoms with Gasteiger partial charge in [0.25, 0.3) is 5.56 Å². The van der Waals surface area contributed by atoms with E-state index in [-0.39, 0.29) is 11.4 Å². The Morgan fingerprint density at radius 1 is 1.13 bits per heavy atom. The molecule has 0 bridgehead atoms. The van der Waals surface area contributed by atoms with Crippen molar-refractivity contribution < 1.29 is 4.39 Å². The Hall–Kier alpha value is -3.39. The Balaban J connectivity index is 1.18. The summed E-state index contributed by atoms with van der Waals surface area (Å²) in [5.41, 5.74) is 3.16. The fraction of sp³-hybridized carbons (Fsp3) is 0.304. The van der Waals surface area contributed by atoms with Gasteiger partial charge in [-0.05, 0) is 56.1 Å². The lowest BCUT2D eigenvalue weighted by molar-refractivity contribution is 0.165. The van der Waals surface area contributed by atoms with E-state index in [0.717, 1.165) is 49.4 Å². The summed E-state index contributed by atoms with van der Waals surface area (Å²) < 4.78 is 16.8. The molecular formula is C23H23FN6O. The van der Waals surface area contributed by atoms with Crippen LogP contribution < -0.4 is 5.56 Å². The minimum Gasteiger partial charge on any atom is -0.304 e. The molecule has 0 aromatic carbocycles. The van der Waals surface area contributed by atoms with E-state index in [2.05, 4.69) is 19.9 Å². The van der Waals surface area contributed by atoms with Gasteiger partial charge in [0.05, 0.1) is 17.7 Å². The molecule has 4 aromatic heterocycles. The van der Waals surface area contributed by atoms with Crippen molar-refractivity contribution in [3.8, 4) is 11.3 Å². The summed E-state index contributed by atoms with van der Waals surface area (Å²) in [7, 11) is 0. The molecule has 1 fully saturated rings. The highest BCUT2D eigenvalue weighted by Gasteiger charge is 2.21. The largest absolute Gasteiger partial charge is 0.304 e. The van der Waals surface area contributed by atoms with Crippen LogP contribution in [0.15, 0.2) is 66.2 Å². The number of hydrogen-bond donors (Lipinski definition) is 0. The van der Waals surface area contributed by atoms with Crippen molar-refractivity contribution in [3.05, 3.63) is 83.3 Å². The normalized spacial score (nSPS) is 15.5. The third-order valence-corrected chi connectivity index (χ3v) is 5.85. The molecule has 0 atom stereocenters. The maximum absolute atomic E-state index is 13.4. The van der Waals surface area contributed by atoms with E-state index < -0.39 is 0 Å². The lowest BCUT2D eigenvalue weighted by atomic mass is 9.96. The Kier molecular flexibility index (Phi) is 5.30. The number of hydrogen-bond acceptors (Lipinski definition) is 5. The van der Waals surface area contributed by atoms with Gasteiger partial charge in [-0.2, -0.15) is 0 Å². The number of likely N-dealkylation sites (tertiary alicyclic amines) is 1. The molecule has 7 nitrogen and oxygen atoms in total. The van der Waals surface area contributed by atoms with Gasteiger partial charge in [-0.3, -0.25) is 19.2 Å². The van der Waals surface area contributed by atoms with Crippen molar-refractivity contribution in [1.82, 2.24) is 28.8 Å². The third-order valence-electron chi connectivity index (χ3n) is 5.85. The smallest absolute Gasteiger partial charge is 0.253 e. The summed E-state index contributed by atoms with van der Waals surface area (Å²) in [5.74, 6) is 0.172. The molecule has 0 unspecified atom stereocenters. The molecule has 0 radical (unpaired) electrons. The van der Waals surface area contributed by atoms with Crippen LogP contribution in [0.5, 0.6) is 0 Å². The van der Waals surface area contributed by atoms with Gasteiger partial charge in [0, 0.05) is 49.5 Å². The molecule has 0 aliphatic carbocycles. The van der Waals surface area contributed by atoms with Crippen molar-refractivity contribution >= 4 is 5.65 Å². The molecule has 0 saturated carbocycles. The molecule has 0 spiro atoms. The van der Waals surface area contributed by atoms with Crippen LogP contribution in [0.4, 0.5) is 4.39 Å². The number of piperidine rings is 1. The average Bonchev–Trinajstić information content (AvgIpc) is 3.18. The van der Waals surface area contributed by atoms with Gasteiger partial charge in [0.15, 0.2) is 0 Å². The van der Waals surface area contributed by atoms with Crippen molar-refractivity contribution in [2.75, 3.05) is 13.1 Å². The van der Waals surface area contributed by atoms with Gasteiger partial charge in [-0.1, -0.05) is 0 Å². The Bertz CT molecular complexity index is 1240. The van der Waals surface area contributed by atoms with Gasteiger partial charge in [0.1, 0.15) is 11.5 Å². The fourth-order valence-corrected chi connectivity index (χ4v) is 4.16. The lowest BCUT2D eigenvalue weighted by Crippen LogP contribution is -2.36.